The monoisotopic (exact) mass is 271 g/mol. The molecule has 1 rings (SSSR count). The van der Waals surface area contributed by atoms with E-state index in [1.807, 2.05) is 25.1 Å². The lowest BCUT2D eigenvalue weighted by Crippen LogP contribution is -2.31. The molecule has 2 nitrogen and oxygen atoms in total. The van der Waals surface area contributed by atoms with Gasteiger partial charge in [-0.25, -0.2) is 0 Å². The normalized spacial score (nSPS) is 12.9. The maximum Gasteiger partial charge on any atom is 0.122 e. The highest BCUT2D eigenvalue weighted by Gasteiger charge is 2.14. The second-order valence-electron chi connectivity index (χ2n) is 4.05. The van der Waals surface area contributed by atoms with Gasteiger partial charge in [0.1, 0.15) is 11.9 Å². The molecule has 3 heteroatoms. The Morgan fingerprint density at radius 3 is 2.53 bits per heavy atom. The van der Waals surface area contributed by atoms with Gasteiger partial charge in [-0.3, -0.25) is 0 Å². The maximum absolute atomic E-state index is 5.86. The molecule has 1 aromatic carbocycles. The number of aryl methyl sites for hydroxylation is 1. The molecule has 0 aromatic heterocycles. The number of hydrogen-bond donors (Lipinski definition) is 1. The lowest BCUT2D eigenvalue weighted by Gasteiger charge is -2.22. The molecule has 1 unspecified atom stereocenters. The van der Waals surface area contributed by atoms with E-state index >= 15 is 0 Å². The number of hydrogen-bond acceptors (Lipinski definition) is 2. The highest BCUT2D eigenvalue weighted by molar-refractivity contribution is 9.10. The first-order chi connectivity index (χ1) is 7.04. The fourth-order valence-electron chi connectivity index (χ4n) is 1.36. The molecule has 0 saturated heterocycles. The van der Waals surface area contributed by atoms with E-state index in [-0.39, 0.29) is 6.10 Å². The van der Waals surface area contributed by atoms with Crippen LogP contribution in [0, 0.1) is 12.8 Å². The van der Waals surface area contributed by atoms with Crippen molar-refractivity contribution in [3.05, 3.63) is 28.2 Å². The van der Waals surface area contributed by atoms with Crippen LogP contribution in [0.15, 0.2) is 22.7 Å². The third-order valence-electron chi connectivity index (χ3n) is 2.39. The van der Waals surface area contributed by atoms with Crippen molar-refractivity contribution >= 4 is 15.9 Å². The van der Waals surface area contributed by atoms with Crippen LogP contribution in [0.3, 0.4) is 0 Å². The van der Waals surface area contributed by atoms with E-state index in [1.54, 1.807) is 0 Å². The summed E-state index contributed by atoms with van der Waals surface area (Å²) in [6.45, 7) is 6.82. The van der Waals surface area contributed by atoms with Crippen LogP contribution < -0.4 is 10.5 Å². The van der Waals surface area contributed by atoms with E-state index in [2.05, 4.69) is 29.8 Å². The van der Waals surface area contributed by atoms with Crippen LogP contribution in [0.4, 0.5) is 0 Å². The Morgan fingerprint density at radius 1 is 1.40 bits per heavy atom. The highest BCUT2D eigenvalue weighted by atomic mass is 79.9. The molecule has 0 radical (unpaired) electrons. The molecule has 1 aromatic rings. The van der Waals surface area contributed by atoms with Crippen LogP contribution in [0.5, 0.6) is 5.75 Å². The average molecular weight is 272 g/mol. The predicted molar refractivity (Wildman–Crippen MR) is 67.2 cm³/mol. The first kappa shape index (κ1) is 12.5. The second kappa shape index (κ2) is 5.52. The smallest absolute Gasteiger partial charge is 0.122 e. The third-order valence-corrected chi connectivity index (χ3v) is 2.88. The largest absolute Gasteiger partial charge is 0.489 e. The summed E-state index contributed by atoms with van der Waals surface area (Å²) >= 11 is 3.43. The Hall–Kier alpha value is -0.540. The Morgan fingerprint density at radius 2 is 2.07 bits per heavy atom. The Balaban J connectivity index is 2.79. The summed E-state index contributed by atoms with van der Waals surface area (Å²) < 4.78 is 6.94. The van der Waals surface area contributed by atoms with Crippen molar-refractivity contribution in [1.82, 2.24) is 0 Å². The number of ether oxygens (including phenoxy) is 1. The van der Waals surface area contributed by atoms with E-state index < -0.39 is 0 Å². The summed E-state index contributed by atoms with van der Waals surface area (Å²) in [5, 5.41) is 0. The van der Waals surface area contributed by atoms with Gasteiger partial charge in [0.05, 0.1) is 0 Å². The van der Waals surface area contributed by atoms with Gasteiger partial charge in [0, 0.05) is 11.0 Å². The van der Waals surface area contributed by atoms with Gasteiger partial charge in [0.2, 0.25) is 0 Å². The molecule has 15 heavy (non-hydrogen) atoms. The van der Waals surface area contributed by atoms with Gasteiger partial charge in [-0.2, -0.15) is 0 Å². The van der Waals surface area contributed by atoms with Crippen LogP contribution in [0.2, 0.25) is 0 Å². The second-order valence-corrected chi connectivity index (χ2v) is 4.96. The summed E-state index contributed by atoms with van der Waals surface area (Å²) in [6.07, 6.45) is 0.0878. The van der Waals surface area contributed by atoms with E-state index in [1.165, 1.54) is 0 Å². The number of benzene rings is 1. The fraction of sp³-hybridized carbons (Fsp3) is 0.500. The minimum atomic E-state index is 0.0878. The molecule has 0 amide bonds. The Kier molecular flexibility index (Phi) is 4.61. The van der Waals surface area contributed by atoms with Gasteiger partial charge in [-0.1, -0.05) is 29.8 Å². The number of halogens is 1. The molecule has 84 valence electrons. The number of rotatable bonds is 4. The van der Waals surface area contributed by atoms with Crippen molar-refractivity contribution in [1.29, 1.82) is 0 Å². The third kappa shape index (κ3) is 3.50. The molecule has 0 aliphatic rings. The molecule has 0 bridgehead atoms. The number of nitrogens with two attached hydrogens (primary N) is 1. The fourth-order valence-corrected chi connectivity index (χ4v) is 1.84. The summed E-state index contributed by atoms with van der Waals surface area (Å²) in [6, 6.07) is 6.00. The topological polar surface area (TPSA) is 35.2 Å². The molecule has 0 spiro atoms. The van der Waals surface area contributed by atoms with E-state index in [0.717, 1.165) is 15.8 Å². The Labute approximate surface area is 99.9 Å². The molecule has 0 aliphatic heterocycles. The van der Waals surface area contributed by atoms with Crippen LogP contribution in [-0.4, -0.2) is 12.6 Å². The zero-order valence-electron chi connectivity index (χ0n) is 9.46. The summed E-state index contributed by atoms with van der Waals surface area (Å²) in [4.78, 5) is 0. The molecule has 0 heterocycles. The zero-order valence-corrected chi connectivity index (χ0v) is 11.0. The summed E-state index contributed by atoms with van der Waals surface area (Å²) in [5.41, 5.74) is 6.80. The van der Waals surface area contributed by atoms with Crippen LogP contribution in [-0.2, 0) is 0 Å². The lowest BCUT2D eigenvalue weighted by molar-refractivity contribution is 0.158. The molecule has 0 aliphatic carbocycles. The summed E-state index contributed by atoms with van der Waals surface area (Å²) in [7, 11) is 0. The van der Waals surface area contributed by atoms with Gasteiger partial charge in [0.25, 0.3) is 0 Å². The Bertz CT molecular complexity index is 325. The van der Waals surface area contributed by atoms with Gasteiger partial charge in [-0.05, 0) is 36.6 Å². The first-order valence-electron chi connectivity index (χ1n) is 5.17. The minimum Gasteiger partial charge on any atom is -0.489 e. The van der Waals surface area contributed by atoms with Crippen molar-refractivity contribution in [2.45, 2.75) is 26.9 Å². The molecule has 0 saturated carbocycles. The van der Waals surface area contributed by atoms with Gasteiger partial charge in [-0.15, -0.1) is 0 Å². The van der Waals surface area contributed by atoms with Crippen LogP contribution in [0.25, 0.3) is 0 Å². The van der Waals surface area contributed by atoms with E-state index in [4.69, 9.17) is 10.5 Å². The minimum absolute atomic E-state index is 0.0878. The lowest BCUT2D eigenvalue weighted by atomic mass is 10.1. The molecular weight excluding hydrogens is 254 g/mol. The zero-order chi connectivity index (χ0) is 11.4. The average Bonchev–Trinajstić information content (AvgIpc) is 2.16. The summed E-state index contributed by atoms with van der Waals surface area (Å²) in [5.74, 6) is 1.35. The van der Waals surface area contributed by atoms with Gasteiger partial charge in [0.15, 0.2) is 0 Å². The standard InChI is InChI=1S/C12H18BrNO/c1-8(2)12(7-14)15-11-5-4-10(13)6-9(11)3/h4-6,8,12H,7,14H2,1-3H3. The van der Waals surface area contributed by atoms with Crippen LogP contribution >= 0.6 is 15.9 Å². The van der Waals surface area contributed by atoms with E-state index in [0.29, 0.717) is 12.5 Å². The highest BCUT2D eigenvalue weighted by Crippen LogP contribution is 2.24. The van der Waals surface area contributed by atoms with Crippen molar-refractivity contribution in [3.63, 3.8) is 0 Å². The van der Waals surface area contributed by atoms with Crippen molar-refractivity contribution in [2.75, 3.05) is 6.54 Å². The van der Waals surface area contributed by atoms with Crippen LogP contribution in [0.1, 0.15) is 19.4 Å². The van der Waals surface area contributed by atoms with Crippen molar-refractivity contribution in [2.24, 2.45) is 11.7 Å². The predicted octanol–water partition coefficient (Wildman–Crippen LogP) is 3.12. The quantitative estimate of drug-likeness (QED) is 0.914. The molecule has 0 fully saturated rings. The maximum atomic E-state index is 5.86. The van der Waals surface area contributed by atoms with Crippen molar-refractivity contribution in [3.8, 4) is 5.75 Å². The van der Waals surface area contributed by atoms with Gasteiger partial charge < -0.3 is 10.5 Å². The molecule has 1 atom stereocenters. The molecule has 2 N–H and O–H groups in total. The van der Waals surface area contributed by atoms with Crippen molar-refractivity contribution < 1.29 is 4.74 Å². The molecular formula is C12H18BrNO. The van der Waals surface area contributed by atoms with E-state index in [9.17, 15) is 0 Å². The first-order valence-corrected chi connectivity index (χ1v) is 5.96. The SMILES string of the molecule is Cc1cc(Br)ccc1OC(CN)C(C)C. The van der Waals surface area contributed by atoms with Gasteiger partial charge >= 0.3 is 0 Å².